The molecular weight excluding hydrogens is 324 g/mol. The van der Waals surface area contributed by atoms with Crippen LogP contribution in [0.25, 0.3) is 0 Å². The van der Waals surface area contributed by atoms with Gasteiger partial charge in [0, 0.05) is 12.1 Å². The first kappa shape index (κ1) is 16.4. The molecule has 0 aromatic heterocycles. The van der Waals surface area contributed by atoms with Gasteiger partial charge in [-0.3, -0.25) is 14.9 Å². The number of rotatable bonds is 5. The molecule has 0 radical (unpaired) electrons. The minimum Gasteiger partial charge on any atom is -0.496 e. The van der Waals surface area contributed by atoms with E-state index in [0.29, 0.717) is 0 Å². The highest BCUT2D eigenvalue weighted by Gasteiger charge is 2.21. The maximum atomic E-state index is 12.2. The molecule has 0 spiro atoms. The van der Waals surface area contributed by atoms with Crippen LogP contribution >= 0.6 is 0 Å². The average Bonchev–Trinajstić information content (AvgIpc) is 2.54. The number of sulfonamides is 1. The topological polar surface area (TPSA) is 116 Å². The van der Waals surface area contributed by atoms with Crippen molar-refractivity contribution < 1.29 is 22.9 Å². The van der Waals surface area contributed by atoms with Crippen LogP contribution in [0.1, 0.15) is 10.4 Å². The van der Waals surface area contributed by atoms with E-state index in [4.69, 9.17) is 4.74 Å². The predicted octanol–water partition coefficient (Wildman–Crippen LogP) is 1.72. The van der Waals surface area contributed by atoms with Crippen LogP contribution in [0.2, 0.25) is 0 Å². The number of methoxy groups -OCH3 is 1. The number of non-ortho nitro benzene ring substituents is 1. The number of nitro benzene ring substituents is 1. The summed E-state index contributed by atoms with van der Waals surface area (Å²) in [7, 11) is -2.79. The van der Waals surface area contributed by atoms with Crippen LogP contribution in [0.15, 0.2) is 53.4 Å². The van der Waals surface area contributed by atoms with E-state index in [1.807, 2.05) is 4.72 Å². The summed E-state index contributed by atoms with van der Waals surface area (Å²) in [5.74, 6) is -0.635. The van der Waals surface area contributed by atoms with E-state index in [-0.39, 0.29) is 21.9 Å². The Kier molecular flexibility index (Phi) is 4.60. The molecule has 0 bridgehead atoms. The fourth-order valence-corrected chi connectivity index (χ4v) is 2.78. The lowest BCUT2D eigenvalue weighted by Crippen LogP contribution is -2.30. The minimum atomic E-state index is -4.15. The summed E-state index contributed by atoms with van der Waals surface area (Å²) in [5.41, 5.74) is -0.194. The van der Waals surface area contributed by atoms with Gasteiger partial charge in [-0.1, -0.05) is 12.1 Å². The second-order valence-electron chi connectivity index (χ2n) is 4.39. The van der Waals surface area contributed by atoms with Gasteiger partial charge in [0.05, 0.1) is 22.5 Å². The van der Waals surface area contributed by atoms with Gasteiger partial charge in [0.2, 0.25) is 0 Å². The standard InChI is InChI=1S/C14H12N2O6S/c1-22-13-5-3-2-4-12(13)14(17)15-23(20,21)11-8-6-10(7-9-11)16(18)19/h2-9H,1H3,(H,15,17). The Morgan fingerprint density at radius 1 is 1.13 bits per heavy atom. The molecule has 23 heavy (non-hydrogen) atoms. The molecule has 2 rings (SSSR count). The van der Waals surface area contributed by atoms with E-state index in [0.717, 1.165) is 24.3 Å². The third-order valence-electron chi connectivity index (χ3n) is 2.94. The molecular formula is C14H12N2O6S. The van der Waals surface area contributed by atoms with Crippen LogP contribution in [-0.2, 0) is 10.0 Å². The molecule has 9 heteroatoms. The summed E-state index contributed by atoms with van der Waals surface area (Å²) >= 11 is 0. The summed E-state index contributed by atoms with van der Waals surface area (Å²) in [4.78, 5) is 21.8. The molecule has 0 aliphatic heterocycles. The number of carbonyl (C=O) groups excluding carboxylic acids is 1. The number of para-hydroxylation sites is 1. The molecule has 0 heterocycles. The van der Waals surface area contributed by atoms with E-state index in [2.05, 4.69) is 0 Å². The first-order chi connectivity index (χ1) is 10.8. The molecule has 2 aromatic rings. The highest BCUT2D eigenvalue weighted by molar-refractivity contribution is 7.90. The van der Waals surface area contributed by atoms with E-state index >= 15 is 0 Å². The van der Waals surface area contributed by atoms with Crippen LogP contribution in [0.5, 0.6) is 5.75 Å². The smallest absolute Gasteiger partial charge is 0.269 e. The van der Waals surface area contributed by atoms with Crippen molar-refractivity contribution in [3.63, 3.8) is 0 Å². The fourth-order valence-electron chi connectivity index (χ4n) is 1.82. The van der Waals surface area contributed by atoms with Crippen molar-refractivity contribution in [1.29, 1.82) is 0 Å². The summed E-state index contributed by atoms with van der Waals surface area (Å²) in [6.45, 7) is 0. The Morgan fingerprint density at radius 3 is 2.30 bits per heavy atom. The molecule has 1 amide bonds. The largest absolute Gasteiger partial charge is 0.496 e. The zero-order valence-electron chi connectivity index (χ0n) is 11.9. The van der Waals surface area contributed by atoms with Gasteiger partial charge in [0.15, 0.2) is 0 Å². The van der Waals surface area contributed by atoms with E-state index in [1.165, 1.54) is 19.2 Å². The number of carbonyl (C=O) groups is 1. The summed E-state index contributed by atoms with van der Waals surface area (Å²) in [6, 6.07) is 10.3. The number of nitro groups is 1. The zero-order valence-corrected chi connectivity index (χ0v) is 12.7. The molecule has 8 nitrogen and oxygen atoms in total. The van der Waals surface area contributed by atoms with Gasteiger partial charge in [0.25, 0.3) is 21.6 Å². The summed E-state index contributed by atoms with van der Waals surface area (Å²) in [5, 5.41) is 10.6. The highest BCUT2D eigenvalue weighted by Crippen LogP contribution is 2.19. The monoisotopic (exact) mass is 336 g/mol. The maximum absolute atomic E-state index is 12.2. The number of nitrogens with zero attached hydrogens (tertiary/aromatic N) is 1. The molecule has 0 atom stereocenters. The van der Waals surface area contributed by atoms with Crippen LogP contribution in [0.4, 0.5) is 5.69 Å². The lowest BCUT2D eigenvalue weighted by atomic mass is 10.2. The van der Waals surface area contributed by atoms with Crippen LogP contribution in [-0.4, -0.2) is 26.4 Å². The van der Waals surface area contributed by atoms with Crippen molar-refractivity contribution in [3.8, 4) is 5.75 Å². The van der Waals surface area contributed by atoms with Gasteiger partial charge in [-0.05, 0) is 24.3 Å². The second kappa shape index (κ2) is 6.44. The molecule has 0 unspecified atom stereocenters. The molecule has 0 aliphatic rings. The third-order valence-corrected chi connectivity index (χ3v) is 4.28. The van der Waals surface area contributed by atoms with Crippen LogP contribution in [0.3, 0.4) is 0 Å². The average molecular weight is 336 g/mol. The van der Waals surface area contributed by atoms with Gasteiger partial charge in [-0.2, -0.15) is 0 Å². The quantitative estimate of drug-likeness (QED) is 0.656. The van der Waals surface area contributed by atoms with Gasteiger partial charge < -0.3 is 4.74 Å². The van der Waals surface area contributed by atoms with Crippen molar-refractivity contribution in [1.82, 2.24) is 4.72 Å². The molecule has 1 N–H and O–H groups in total. The van der Waals surface area contributed by atoms with Gasteiger partial charge in [-0.15, -0.1) is 0 Å². The van der Waals surface area contributed by atoms with Crippen molar-refractivity contribution in [3.05, 3.63) is 64.2 Å². The van der Waals surface area contributed by atoms with Crippen LogP contribution in [0, 0.1) is 10.1 Å². The summed E-state index contributed by atoms with van der Waals surface area (Å²) < 4.78 is 31.2. The lowest BCUT2D eigenvalue weighted by molar-refractivity contribution is -0.384. The van der Waals surface area contributed by atoms with Gasteiger partial charge >= 0.3 is 0 Å². The van der Waals surface area contributed by atoms with Crippen molar-refractivity contribution >= 4 is 21.6 Å². The first-order valence-electron chi connectivity index (χ1n) is 6.30. The normalized spacial score (nSPS) is 10.8. The van der Waals surface area contributed by atoms with E-state index < -0.39 is 20.9 Å². The number of hydrogen-bond acceptors (Lipinski definition) is 6. The number of amides is 1. The Bertz CT molecular complexity index is 846. The Hall–Kier alpha value is -2.94. The highest BCUT2D eigenvalue weighted by atomic mass is 32.2. The van der Waals surface area contributed by atoms with Gasteiger partial charge in [-0.25, -0.2) is 13.1 Å². The number of nitrogens with one attached hydrogen (secondary N) is 1. The SMILES string of the molecule is COc1ccccc1C(=O)NS(=O)(=O)c1ccc([N+](=O)[O-])cc1. The Labute approximate surface area is 131 Å². The van der Waals surface area contributed by atoms with E-state index in [1.54, 1.807) is 12.1 Å². The molecule has 0 saturated carbocycles. The van der Waals surface area contributed by atoms with E-state index in [9.17, 15) is 23.3 Å². The number of ether oxygens (including phenoxy) is 1. The summed E-state index contributed by atoms with van der Waals surface area (Å²) in [6.07, 6.45) is 0. The van der Waals surface area contributed by atoms with Crippen molar-refractivity contribution in [2.45, 2.75) is 4.90 Å². The van der Waals surface area contributed by atoms with Crippen LogP contribution < -0.4 is 9.46 Å². The molecule has 2 aromatic carbocycles. The molecule has 120 valence electrons. The maximum Gasteiger partial charge on any atom is 0.269 e. The zero-order chi connectivity index (χ0) is 17.0. The fraction of sp³-hybridized carbons (Fsp3) is 0.0714. The second-order valence-corrected chi connectivity index (χ2v) is 6.07. The Morgan fingerprint density at radius 2 is 1.74 bits per heavy atom. The third kappa shape index (κ3) is 3.64. The first-order valence-corrected chi connectivity index (χ1v) is 7.78. The Balaban J connectivity index is 2.27. The number of benzene rings is 2. The molecule has 0 aliphatic carbocycles. The van der Waals surface area contributed by atoms with Crippen molar-refractivity contribution in [2.24, 2.45) is 0 Å². The lowest BCUT2D eigenvalue weighted by Gasteiger charge is -2.09. The molecule has 0 saturated heterocycles. The van der Waals surface area contributed by atoms with Crippen molar-refractivity contribution in [2.75, 3.05) is 7.11 Å². The minimum absolute atomic E-state index is 0.0560. The number of hydrogen-bond donors (Lipinski definition) is 1. The van der Waals surface area contributed by atoms with Gasteiger partial charge in [0.1, 0.15) is 5.75 Å². The predicted molar refractivity (Wildman–Crippen MR) is 80.7 cm³/mol. The molecule has 0 fully saturated rings.